The summed E-state index contributed by atoms with van der Waals surface area (Å²) in [6.07, 6.45) is 6.20. The lowest BCUT2D eigenvalue weighted by Crippen LogP contribution is -2.18. The molecule has 0 radical (unpaired) electrons. The molecule has 1 aromatic carbocycles. The molecule has 1 aliphatic rings. The molecule has 0 amide bonds. The van der Waals surface area contributed by atoms with E-state index in [0.29, 0.717) is 15.3 Å². The Bertz CT molecular complexity index is 1020. The Hall–Kier alpha value is -1.77. The number of carbonyl (C=O) groups is 2. The van der Waals surface area contributed by atoms with Gasteiger partial charge in [-0.05, 0) is 30.0 Å². The Labute approximate surface area is 185 Å². The molecule has 0 bridgehead atoms. The Morgan fingerprint density at radius 2 is 1.83 bits per heavy atom. The van der Waals surface area contributed by atoms with Crippen LogP contribution in [0.5, 0.6) is 0 Å². The summed E-state index contributed by atoms with van der Waals surface area (Å²) in [4.78, 5) is 28.6. The monoisotopic (exact) mass is 469 g/mol. The normalized spacial score (nSPS) is 15.9. The number of ketones is 1. The highest BCUT2D eigenvalue weighted by molar-refractivity contribution is 7.90. The standard InChI is InChI=1S/C21H24ClNO5S2/c1-30(27,28)15-8-6-14(7-9-15)16(10-13-4-2-3-5-13)18(24)12-19-23-17(11-20(25)26)21(22)29-19/h6-9,13,16H,2-5,10-12H2,1H3,(H,25,26). The van der Waals surface area contributed by atoms with Crippen molar-refractivity contribution in [1.82, 2.24) is 4.98 Å². The van der Waals surface area contributed by atoms with Crippen molar-refractivity contribution in [3.8, 4) is 0 Å². The van der Waals surface area contributed by atoms with Crippen molar-refractivity contribution in [1.29, 1.82) is 0 Å². The number of hydrogen-bond donors (Lipinski definition) is 1. The maximum atomic E-state index is 13.2. The van der Waals surface area contributed by atoms with Gasteiger partial charge in [0.25, 0.3) is 0 Å². The van der Waals surface area contributed by atoms with Crippen molar-refractivity contribution >= 4 is 44.5 Å². The molecule has 30 heavy (non-hydrogen) atoms. The number of halogens is 1. The highest BCUT2D eigenvalue weighted by Gasteiger charge is 2.28. The third-order valence-electron chi connectivity index (χ3n) is 5.48. The molecule has 9 heteroatoms. The number of aliphatic carboxylic acids is 1. The summed E-state index contributed by atoms with van der Waals surface area (Å²) in [6, 6.07) is 6.53. The lowest BCUT2D eigenvalue weighted by molar-refractivity contribution is -0.136. The zero-order chi connectivity index (χ0) is 21.9. The molecule has 1 aromatic heterocycles. The van der Waals surface area contributed by atoms with Gasteiger partial charge < -0.3 is 5.11 Å². The van der Waals surface area contributed by atoms with Gasteiger partial charge in [-0.1, -0.05) is 49.4 Å². The van der Waals surface area contributed by atoms with Gasteiger partial charge in [0.1, 0.15) is 15.1 Å². The first-order valence-electron chi connectivity index (χ1n) is 9.82. The molecule has 1 aliphatic carbocycles. The molecular formula is C21H24ClNO5S2. The molecule has 6 nitrogen and oxygen atoms in total. The maximum Gasteiger partial charge on any atom is 0.309 e. The summed E-state index contributed by atoms with van der Waals surface area (Å²) in [5, 5.41) is 9.46. The number of nitrogens with zero attached hydrogens (tertiary/aromatic N) is 1. The molecule has 1 unspecified atom stereocenters. The molecule has 2 aromatic rings. The number of hydrogen-bond acceptors (Lipinski definition) is 6. The van der Waals surface area contributed by atoms with Crippen LogP contribution in [0, 0.1) is 5.92 Å². The van der Waals surface area contributed by atoms with Crippen molar-refractivity contribution < 1.29 is 23.1 Å². The first-order chi connectivity index (χ1) is 14.1. The van der Waals surface area contributed by atoms with E-state index in [9.17, 15) is 18.0 Å². The molecule has 1 heterocycles. The van der Waals surface area contributed by atoms with Gasteiger partial charge in [0.15, 0.2) is 9.84 Å². The molecule has 0 spiro atoms. The zero-order valence-corrected chi connectivity index (χ0v) is 19.0. The molecule has 1 saturated carbocycles. The second-order valence-electron chi connectivity index (χ2n) is 7.82. The predicted molar refractivity (Wildman–Crippen MR) is 116 cm³/mol. The Morgan fingerprint density at radius 3 is 2.40 bits per heavy atom. The molecule has 0 saturated heterocycles. The fraction of sp³-hybridized carbons (Fsp3) is 0.476. The number of aromatic nitrogens is 1. The minimum absolute atomic E-state index is 0.0127. The van der Waals surface area contributed by atoms with Crippen LogP contribution < -0.4 is 0 Å². The van der Waals surface area contributed by atoms with E-state index in [2.05, 4.69) is 4.98 Å². The summed E-state index contributed by atoms with van der Waals surface area (Å²) < 4.78 is 23.8. The second kappa shape index (κ2) is 9.58. The number of carbonyl (C=O) groups excluding carboxylic acids is 1. The van der Waals surface area contributed by atoms with E-state index >= 15 is 0 Å². The topological polar surface area (TPSA) is 101 Å². The first-order valence-corrected chi connectivity index (χ1v) is 12.9. The summed E-state index contributed by atoms with van der Waals surface area (Å²) in [6.45, 7) is 0. The Balaban J connectivity index is 1.82. The summed E-state index contributed by atoms with van der Waals surface area (Å²) in [5.74, 6) is -0.922. The van der Waals surface area contributed by atoms with Crippen LogP contribution in [-0.4, -0.2) is 36.5 Å². The number of sulfone groups is 1. The van der Waals surface area contributed by atoms with Gasteiger partial charge in [0.05, 0.1) is 23.4 Å². The van der Waals surface area contributed by atoms with Crippen LogP contribution in [0.3, 0.4) is 0 Å². The lowest BCUT2D eigenvalue weighted by atomic mass is 9.84. The highest BCUT2D eigenvalue weighted by Crippen LogP contribution is 2.36. The molecule has 162 valence electrons. The van der Waals surface area contributed by atoms with Gasteiger partial charge in [-0.2, -0.15) is 0 Å². The third kappa shape index (κ3) is 5.89. The van der Waals surface area contributed by atoms with E-state index in [1.54, 1.807) is 24.3 Å². The summed E-state index contributed by atoms with van der Waals surface area (Å²) in [5.41, 5.74) is 1.08. The van der Waals surface area contributed by atoms with Crippen LogP contribution in [0.1, 0.15) is 54.3 Å². The number of Topliss-reactive ketones (excluding diaryl/α,β-unsaturated/α-hetero) is 1. The smallest absolute Gasteiger partial charge is 0.309 e. The van der Waals surface area contributed by atoms with Crippen molar-refractivity contribution in [3.63, 3.8) is 0 Å². The Morgan fingerprint density at radius 1 is 1.20 bits per heavy atom. The van der Waals surface area contributed by atoms with Crippen LogP contribution in [0.15, 0.2) is 29.2 Å². The fourth-order valence-corrected chi connectivity index (χ4v) is 5.78. The van der Waals surface area contributed by atoms with Gasteiger partial charge in [-0.15, -0.1) is 11.3 Å². The van der Waals surface area contributed by atoms with Crippen molar-refractivity contribution in [2.45, 2.75) is 55.8 Å². The van der Waals surface area contributed by atoms with Crippen molar-refractivity contribution in [2.24, 2.45) is 5.92 Å². The fourth-order valence-electron chi connectivity index (χ4n) is 3.96. The van der Waals surface area contributed by atoms with Crippen molar-refractivity contribution in [3.05, 3.63) is 44.9 Å². The minimum atomic E-state index is -3.30. The highest BCUT2D eigenvalue weighted by atomic mass is 35.5. The molecule has 1 fully saturated rings. The number of benzene rings is 1. The van der Waals surface area contributed by atoms with E-state index in [-0.39, 0.29) is 35.1 Å². The average molecular weight is 470 g/mol. The van der Waals surface area contributed by atoms with E-state index in [1.807, 2.05) is 0 Å². The number of thiazole rings is 1. The van der Waals surface area contributed by atoms with E-state index in [0.717, 1.165) is 42.4 Å². The van der Waals surface area contributed by atoms with Crippen LogP contribution in [0.2, 0.25) is 4.34 Å². The molecule has 0 aliphatic heterocycles. The summed E-state index contributed by atoms with van der Waals surface area (Å²) in [7, 11) is -3.30. The van der Waals surface area contributed by atoms with E-state index < -0.39 is 15.8 Å². The predicted octanol–water partition coefficient (Wildman–Crippen LogP) is 4.30. The summed E-state index contributed by atoms with van der Waals surface area (Å²) >= 11 is 7.23. The molecule has 1 atom stereocenters. The average Bonchev–Trinajstić information content (AvgIpc) is 3.28. The van der Waals surface area contributed by atoms with Crippen LogP contribution in [0.25, 0.3) is 0 Å². The van der Waals surface area contributed by atoms with Gasteiger partial charge in [0, 0.05) is 12.2 Å². The third-order valence-corrected chi connectivity index (χ3v) is 7.95. The number of rotatable bonds is 9. The Kier molecular flexibility index (Phi) is 7.31. The van der Waals surface area contributed by atoms with E-state index in [1.165, 1.54) is 12.8 Å². The van der Waals surface area contributed by atoms with Gasteiger partial charge in [-0.3, -0.25) is 9.59 Å². The maximum absolute atomic E-state index is 13.2. The van der Waals surface area contributed by atoms with Crippen LogP contribution in [-0.2, 0) is 32.3 Å². The minimum Gasteiger partial charge on any atom is -0.481 e. The largest absolute Gasteiger partial charge is 0.481 e. The lowest BCUT2D eigenvalue weighted by Gasteiger charge is -2.20. The van der Waals surface area contributed by atoms with Crippen molar-refractivity contribution in [2.75, 3.05) is 6.26 Å². The number of carboxylic acid groups (broad SMARTS) is 1. The van der Waals surface area contributed by atoms with Gasteiger partial charge in [0.2, 0.25) is 0 Å². The van der Waals surface area contributed by atoms with E-state index in [4.69, 9.17) is 16.7 Å². The van der Waals surface area contributed by atoms with Gasteiger partial charge >= 0.3 is 5.97 Å². The second-order valence-corrected chi connectivity index (χ2v) is 11.5. The van der Waals surface area contributed by atoms with Gasteiger partial charge in [-0.25, -0.2) is 13.4 Å². The molecule has 1 N–H and O–H groups in total. The quantitative estimate of drug-likeness (QED) is 0.587. The molecular weight excluding hydrogens is 446 g/mol. The zero-order valence-electron chi connectivity index (χ0n) is 16.6. The van der Waals surface area contributed by atoms with Crippen LogP contribution >= 0.6 is 22.9 Å². The number of carboxylic acids is 1. The molecule has 3 rings (SSSR count). The van der Waals surface area contributed by atoms with Crippen LogP contribution in [0.4, 0.5) is 0 Å². The first kappa shape index (κ1) is 22.9. The SMILES string of the molecule is CS(=O)(=O)c1ccc(C(CC2CCCC2)C(=O)Cc2nc(CC(=O)O)c(Cl)s2)cc1.